The van der Waals surface area contributed by atoms with Crippen LogP contribution in [0.2, 0.25) is 0 Å². The van der Waals surface area contributed by atoms with Crippen molar-refractivity contribution in [3.63, 3.8) is 0 Å². The average molecular weight is 291 g/mol. The van der Waals surface area contributed by atoms with Gasteiger partial charge in [-0.25, -0.2) is 0 Å². The van der Waals surface area contributed by atoms with Gasteiger partial charge >= 0.3 is 0 Å². The van der Waals surface area contributed by atoms with Crippen molar-refractivity contribution < 1.29 is 0 Å². The first-order valence-electron chi connectivity index (χ1n) is 10.3. The standard InChI is InChI=1S/C21H38/c1-17-7-9-19(10-8-17)16-21-13-11-20(12-14-21)15-18-5-3-2-4-6-18/h17-21H,2-16H2,1H3. The predicted octanol–water partition coefficient (Wildman–Crippen LogP) is 6.98. The van der Waals surface area contributed by atoms with E-state index in [2.05, 4.69) is 6.92 Å². The van der Waals surface area contributed by atoms with Gasteiger partial charge in [0.15, 0.2) is 0 Å². The largest absolute Gasteiger partial charge is 0.0625 e. The third-order valence-electron chi connectivity index (χ3n) is 7.16. The van der Waals surface area contributed by atoms with Crippen molar-refractivity contribution in [1.29, 1.82) is 0 Å². The molecule has 0 aliphatic heterocycles. The fourth-order valence-electron chi connectivity index (χ4n) is 5.63. The van der Waals surface area contributed by atoms with Gasteiger partial charge < -0.3 is 0 Å². The monoisotopic (exact) mass is 290 g/mol. The first-order chi connectivity index (χ1) is 10.3. The lowest BCUT2D eigenvalue weighted by Gasteiger charge is -2.35. The molecule has 0 nitrogen and oxygen atoms in total. The summed E-state index contributed by atoms with van der Waals surface area (Å²) in [6, 6.07) is 0. The van der Waals surface area contributed by atoms with E-state index in [1.807, 2.05) is 0 Å². The molecule has 3 aliphatic carbocycles. The van der Waals surface area contributed by atoms with Gasteiger partial charge in [0.2, 0.25) is 0 Å². The number of hydrogen-bond acceptors (Lipinski definition) is 0. The Morgan fingerprint density at radius 2 is 0.857 bits per heavy atom. The Kier molecular flexibility index (Phi) is 6.07. The first kappa shape index (κ1) is 15.9. The zero-order valence-corrected chi connectivity index (χ0v) is 14.5. The molecule has 0 spiro atoms. The fourth-order valence-corrected chi connectivity index (χ4v) is 5.63. The van der Waals surface area contributed by atoms with E-state index in [4.69, 9.17) is 0 Å². The quantitative estimate of drug-likeness (QED) is 0.524. The second-order valence-electron chi connectivity index (χ2n) is 8.99. The Hall–Kier alpha value is 0. The highest BCUT2D eigenvalue weighted by atomic mass is 14.3. The summed E-state index contributed by atoms with van der Waals surface area (Å²) in [4.78, 5) is 0. The Morgan fingerprint density at radius 1 is 0.476 bits per heavy atom. The molecule has 0 N–H and O–H groups in total. The van der Waals surface area contributed by atoms with Gasteiger partial charge in [0.25, 0.3) is 0 Å². The van der Waals surface area contributed by atoms with Crippen LogP contribution in [0.4, 0.5) is 0 Å². The van der Waals surface area contributed by atoms with Crippen molar-refractivity contribution >= 4 is 0 Å². The van der Waals surface area contributed by atoms with E-state index < -0.39 is 0 Å². The topological polar surface area (TPSA) is 0 Å². The zero-order chi connectivity index (χ0) is 14.5. The first-order valence-corrected chi connectivity index (χ1v) is 10.3. The van der Waals surface area contributed by atoms with E-state index in [1.165, 1.54) is 32.1 Å². The highest BCUT2D eigenvalue weighted by Crippen LogP contribution is 2.41. The summed E-state index contributed by atoms with van der Waals surface area (Å²) in [6.45, 7) is 2.45. The fraction of sp³-hybridized carbons (Fsp3) is 1.00. The second kappa shape index (κ2) is 8.02. The van der Waals surface area contributed by atoms with Crippen molar-refractivity contribution in [2.45, 2.75) is 103 Å². The van der Waals surface area contributed by atoms with E-state index in [0.717, 1.165) is 29.6 Å². The molecular formula is C21H38. The van der Waals surface area contributed by atoms with Crippen molar-refractivity contribution in [3.05, 3.63) is 0 Å². The van der Waals surface area contributed by atoms with Gasteiger partial charge in [0.1, 0.15) is 0 Å². The summed E-state index contributed by atoms with van der Waals surface area (Å²) >= 11 is 0. The van der Waals surface area contributed by atoms with E-state index >= 15 is 0 Å². The van der Waals surface area contributed by atoms with Gasteiger partial charge in [-0.15, -0.1) is 0 Å². The molecule has 0 heterocycles. The lowest BCUT2D eigenvalue weighted by molar-refractivity contribution is 0.174. The van der Waals surface area contributed by atoms with Crippen LogP contribution in [0.1, 0.15) is 103 Å². The van der Waals surface area contributed by atoms with Gasteiger partial charge in [-0.05, 0) is 42.4 Å². The van der Waals surface area contributed by atoms with Crippen LogP contribution in [-0.2, 0) is 0 Å². The Balaban J connectivity index is 1.33. The molecule has 0 aromatic heterocycles. The van der Waals surface area contributed by atoms with E-state index in [9.17, 15) is 0 Å². The molecule has 3 aliphatic rings. The van der Waals surface area contributed by atoms with E-state index in [0.29, 0.717) is 0 Å². The highest BCUT2D eigenvalue weighted by Gasteiger charge is 2.27. The number of rotatable bonds is 4. The Morgan fingerprint density at radius 3 is 1.33 bits per heavy atom. The molecule has 0 heteroatoms. The molecule has 0 radical (unpaired) electrons. The van der Waals surface area contributed by atoms with E-state index in [-0.39, 0.29) is 0 Å². The summed E-state index contributed by atoms with van der Waals surface area (Å²) in [6.07, 6.45) is 23.3. The molecule has 0 aromatic carbocycles. The van der Waals surface area contributed by atoms with Gasteiger partial charge in [-0.1, -0.05) is 90.4 Å². The van der Waals surface area contributed by atoms with Crippen LogP contribution in [0.15, 0.2) is 0 Å². The van der Waals surface area contributed by atoms with Crippen LogP contribution in [-0.4, -0.2) is 0 Å². The lowest BCUT2D eigenvalue weighted by atomic mass is 9.71. The van der Waals surface area contributed by atoms with Crippen molar-refractivity contribution in [1.82, 2.24) is 0 Å². The molecule has 0 aromatic rings. The zero-order valence-electron chi connectivity index (χ0n) is 14.5. The van der Waals surface area contributed by atoms with Crippen molar-refractivity contribution in [2.24, 2.45) is 29.6 Å². The van der Waals surface area contributed by atoms with E-state index in [1.54, 1.807) is 64.2 Å². The molecule has 0 saturated heterocycles. The molecule has 3 saturated carbocycles. The van der Waals surface area contributed by atoms with Crippen molar-refractivity contribution in [2.75, 3.05) is 0 Å². The molecule has 0 amide bonds. The third kappa shape index (κ3) is 5.00. The normalized spacial score (nSPS) is 39.3. The van der Waals surface area contributed by atoms with Crippen LogP contribution in [0.3, 0.4) is 0 Å². The molecule has 0 unspecified atom stereocenters. The van der Waals surface area contributed by atoms with Gasteiger partial charge in [-0.3, -0.25) is 0 Å². The van der Waals surface area contributed by atoms with Crippen LogP contribution in [0.25, 0.3) is 0 Å². The third-order valence-corrected chi connectivity index (χ3v) is 7.16. The maximum atomic E-state index is 2.45. The Bertz CT molecular complexity index is 272. The minimum absolute atomic E-state index is 1.02. The summed E-state index contributed by atoms with van der Waals surface area (Å²) in [5, 5.41) is 0. The lowest BCUT2D eigenvalue weighted by Crippen LogP contribution is -2.22. The summed E-state index contributed by atoms with van der Waals surface area (Å²) in [5.41, 5.74) is 0. The van der Waals surface area contributed by atoms with Gasteiger partial charge in [0, 0.05) is 0 Å². The van der Waals surface area contributed by atoms with Crippen LogP contribution >= 0.6 is 0 Å². The maximum Gasteiger partial charge on any atom is -0.0411 e. The molecule has 21 heavy (non-hydrogen) atoms. The smallest absolute Gasteiger partial charge is 0.0411 e. The minimum Gasteiger partial charge on any atom is -0.0625 e. The Labute approximate surface area is 133 Å². The molecule has 122 valence electrons. The van der Waals surface area contributed by atoms with Crippen molar-refractivity contribution in [3.8, 4) is 0 Å². The molecular weight excluding hydrogens is 252 g/mol. The van der Waals surface area contributed by atoms with Gasteiger partial charge in [-0.2, -0.15) is 0 Å². The molecule has 0 atom stereocenters. The highest BCUT2D eigenvalue weighted by molar-refractivity contribution is 4.79. The minimum atomic E-state index is 1.02. The number of hydrogen-bond donors (Lipinski definition) is 0. The van der Waals surface area contributed by atoms with Crippen LogP contribution in [0, 0.1) is 29.6 Å². The van der Waals surface area contributed by atoms with Crippen LogP contribution in [0.5, 0.6) is 0 Å². The molecule has 3 fully saturated rings. The summed E-state index contributed by atoms with van der Waals surface area (Å²) in [7, 11) is 0. The maximum absolute atomic E-state index is 2.45. The molecule has 3 rings (SSSR count). The van der Waals surface area contributed by atoms with Gasteiger partial charge in [0.05, 0.1) is 0 Å². The predicted molar refractivity (Wildman–Crippen MR) is 92.4 cm³/mol. The van der Waals surface area contributed by atoms with Crippen LogP contribution < -0.4 is 0 Å². The summed E-state index contributed by atoms with van der Waals surface area (Å²) in [5.74, 6) is 5.44. The average Bonchev–Trinajstić information content (AvgIpc) is 2.53. The second-order valence-corrected chi connectivity index (χ2v) is 8.99. The SMILES string of the molecule is CC1CCC(CC2CCC(CC3CCCCC3)CC2)CC1. The summed E-state index contributed by atoms with van der Waals surface area (Å²) < 4.78 is 0. The molecule has 0 bridgehead atoms.